The molecule has 0 radical (unpaired) electrons. The standard InChI is InChI=1S/C16H30O/c1-3-4-7-13(2)17-16-11-10-14-8-5-6-9-15(14)12-16/h13-16H,3-12H2,1-2H3. The molecule has 0 heterocycles. The average Bonchev–Trinajstić information content (AvgIpc) is 2.36. The van der Waals surface area contributed by atoms with Gasteiger partial charge in [-0.05, 0) is 44.4 Å². The van der Waals surface area contributed by atoms with Crippen molar-refractivity contribution in [2.24, 2.45) is 11.8 Å². The molecule has 2 saturated carbocycles. The van der Waals surface area contributed by atoms with E-state index in [1.54, 1.807) is 0 Å². The van der Waals surface area contributed by atoms with E-state index in [1.807, 2.05) is 0 Å². The van der Waals surface area contributed by atoms with Gasteiger partial charge in [0.2, 0.25) is 0 Å². The van der Waals surface area contributed by atoms with Gasteiger partial charge in [-0.3, -0.25) is 0 Å². The summed E-state index contributed by atoms with van der Waals surface area (Å²) in [6, 6.07) is 0. The van der Waals surface area contributed by atoms with Crippen LogP contribution in [-0.4, -0.2) is 12.2 Å². The Morgan fingerprint density at radius 2 is 1.82 bits per heavy atom. The maximum absolute atomic E-state index is 6.24. The van der Waals surface area contributed by atoms with E-state index in [0.29, 0.717) is 12.2 Å². The van der Waals surface area contributed by atoms with Crippen LogP contribution in [0.15, 0.2) is 0 Å². The van der Waals surface area contributed by atoms with E-state index in [4.69, 9.17) is 4.74 Å². The van der Waals surface area contributed by atoms with Crippen LogP contribution in [0.4, 0.5) is 0 Å². The fourth-order valence-corrected chi connectivity index (χ4v) is 3.84. The number of rotatable bonds is 5. The van der Waals surface area contributed by atoms with Crippen LogP contribution in [0.5, 0.6) is 0 Å². The highest BCUT2D eigenvalue weighted by molar-refractivity contribution is 4.84. The van der Waals surface area contributed by atoms with E-state index < -0.39 is 0 Å². The summed E-state index contributed by atoms with van der Waals surface area (Å²) in [5.41, 5.74) is 0. The zero-order chi connectivity index (χ0) is 12.1. The number of hydrogen-bond acceptors (Lipinski definition) is 1. The van der Waals surface area contributed by atoms with Crippen molar-refractivity contribution in [1.82, 2.24) is 0 Å². The van der Waals surface area contributed by atoms with E-state index in [-0.39, 0.29) is 0 Å². The lowest BCUT2D eigenvalue weighted by Gasteiger charge is -2.40. The van der Waals surface area contributed by atoms with Crippen LogP contribution < -0.4 is 0 Å². The summed E-state index contributed by atoms with van der Waals surface area (Å²) < 4.78 is 6.24. The molecule has 0 aromatic rings. The summed E-state index contributed by atoms with van der Waals surface area (Å²) in [5, 5.41) is 0. The molecule has 1 nitrogen and oxygen atoms in total. The molecule has 2 rings (SSSR count). The van der Waals surface area contributed by atoms with Gasteiger partial charge in [-0.15, -0.1) is 0 Å². The molecule has 0 spiro atoms. The largest absolute Gasteiger partial charge is 0.375 e. The van der Waals surface area contributed by atoms with Crippen molar-refractivity contribution in [3.8, 4) is 0 Å². The van der Waals surface area contributed by atoms with Crippen LogP contribution in [0, 0.1) is 11.8 Å². The highest BCUT2D eigenvalue weighted by Gasteiger charge is 2.32. The molecule has 0 saturated heterocycles. The highest BCUT2D eigenvalue weighted by atomic mass is 16.5. The van der Waals surface area contributed by atoms with Crippen LogP contribution in [-0.2, 0) is 4.74 Å². The third kappa shape index (κ3) is 3.98. The van der Waals surface area contributed by atoms with Gasteiger partial charge in [0.15, 0.2) is 0 Å². The van der Waals surface area contributed by atoms with Gasteiger partial charge in [0.1, 0.15) is 0 Å². The fraction of sp³-hybridized carbons (Fsp3) is 1.00. The first-order valence-corrected chi connectivity index (χ1v) is 7.95. The van der Waals surface area contributed by atoms with E-state index >= 15 is 0 Å². The Morgan fingerprint density at radius 1 is 1.06 bits per heavy atom. The zero-order valence-corrected chi connectivity index (χ0v) is 11.8. The Labute approximate surface area is 107 Å². The van der Waals surface area contributed by atoms with Crippen LogP contribution in [0.25, 0.3) is 0 Å². The number of fused-ring (bicyclic) bond motifs is 1. The Balaban J connectivity index is 1.71. The minimum atomic E-state index is 0.486. The predicted octanol–water partition coefficient (Wildman–Crippen LogP) is 4.94. The lowest BCUT2D eigenvalue weighted by atomic mass is 9.70. The SMILES string of the molecule is CCCCC(C)OC1CCC2CCCCC2C1. The molecule has 0 amide bonds. The summed E-state index contributed by atoms with van der Waals surface area (Å²) in [6.45, 7) is 4.53. The summed E-state index contributed by atoms with van der Waals surface area (Å²) in [6.07, 6.45) is 15.0. The van der Waals surface area contributed by atoms with Gasteiger partial charge in [0, 0.05) is 0 Å². The summed E-state index contributed by atoms with van der Waals surface area (Å²) >= 11 is 0. The summed E-state index contributed by atoms with van der Waals surface area (Å²) in [5.74, 6) is 2.05. The Bertz CT molecular complexity index is 214. The van der Waals surface area contributed by atoms with Gasteiger partial charge in [0.05, 0.1) is 12.2 Å². The van der Waals surface area contributed by atoms with Gasteiger partial charge in [0.25, 0.3) is 0 Å². The lowest BCUT2D eigenvalue weighted by Crippen LogP contribution is -2.33. The molecule has 2 aliphatic rings. The Kier molecular flexibility index (Phi) is 5.34. The minimum absolute atomic E-state index is 0.486. The van der Waals surface area contributed by atoms with Crippen molar-refractivity contribution in [2.45, 2.75) is 90.3 Å². The van der Waals surface area contributed by atoms with Crippen molar-refractivity contribution >= 4 is 0 Å². The summed E-state index contributed by atoms with van der Waals surface area (Å²) in [4.78, 5) is 0. The number of unbranched alkanes of at least 4 members (excludes halogenated alkanes) is 1. The fourth-order valence-electron chi connectivity index (χ4n) is 3.84. The molecular weight excluding hydrogens is 208 g/mol. The third-order valence-electron chi connectivity index (χ3n) is 4.88. The molecule has 0 aromatic carbocycles. The van der Waals surface area contributed by atoms with Crippen LogP contribution in [0.3, 0.4) is 0 Å². The molecule has 1 heteroatoms. The predicted molar refractivity (Wildman–Crippen MR) is 73.2 cm³/mol. The van der Waals surface area contributed by atoms with Crippen molar-refractivity contribution in [2.75, 3.05) is 0 Å². The number of hydrogen-bond donors (Lipinski definition) is 0. The lowest BCUT2D eigenvalue weighted by molar-refractivity contribution is -0.0527. The molecular formula is C16H30O. The first kappa shape index (κ1) is 13.4. The topological polar surface area (TPSA) is 9.23 Å². The molecule has 2 aliphatic carbocycles. The molecule has 4 unspecified atom stereocenters. The smallest absolute Gasteiger partial charge is 0.0581 e. The first-order chi connectivity index (χ1) is 8.29. The van der Waals surface area contributed by atoms with E-state index in [0.717, 1.165) is 11.8 Å². The third-order valence-corrected chi connectivity index (χ3v) is 4.88. The molecule has 4 atom stereocenters. The molecule has 0 aliphatic heterocycles. The monoisotopic (exact) mass is 238 g/mol. The highest BCUT2D eigenvalue weighted by Crippen LogP contribution is 2.41. The second kappa shape index (κ2) is 6.78. The zero-order valence-electron chi connectivity index (χ0n) is 11.8. The van der Waals surface area contributed by atoms with E-state index in [2.05, 4.69) is 13.8 Å². The van der Waals surface area contributed by atoms with Crippen molar-refractivity contribution in [3.63, 3.8) is 0 Å². The molecule has 0 aromatic heterocycles. The second-order valence-electron chi connectivity index (χ2n) is 6.33. The van der Waals surface area contributed by atoms with Crippen LogP contribution >= 0.6 is 0 Å². The van der Waals surface area contributed by atoms with Gasteiger partial charge < -0.3 is 4.74 Å². The first-order valence-electron chi connectivity index (χ1n) is 7.95. The quantitative estimate of drug-likeness (QED) is 0.659. The van der Waals surface area contributed by atoms with Crippen LogP contribution in [0.1, 0.15) is 78.1 Å². The van der Waals surface area contributed by atoms with Crippen LogP contribution in [0.2, 0.25) is 0 Å². The van der Waals surface area contributed by atoms with Crippen molar-refractivity contribution < 1.29 is 4.74 Å². The van der Waals surface area contributed by atoms with E-state index in [9.17, 15) is 0 Å². The summed E-state index contributed by atoms with van der Waals surface area (Å²) in [7, 11) is 0. The maximum Gasteiger partial charge on any atom is 0.0581 e. The van der Waals surface area contributed by atoms with Gasteiger partial charge in [-0.2, -0.15) is 0 Å². The van der Waals surface area contributed by atoms with Gasteiger partial charge in [-0.25, -0.2) is 0 Å². The molecule has 0 N–H and O–H groups in total. The van der Waals surface area contributed by atoms with Crippen molar-refractivity contribution in [3.05, 3.63) is 0 Å². The average molecular weight is 238 g/mol. The second-order valence-corrected chi connectivity index (χ2v) is 6.33. The molecule has 100 valence electrons. The van der Waals surface area contributed by atoms with Gasteiger partial charge in [-0.1, -0.05) is 45.4 Å². The molecule has 17 heavy (non-hydrogen) atoms. The minimum Gasteiger partial charge on any atom is -0.375 e. The normalized spacial score (nSPS) is 35.3. The maximum atomic E-state index is 6.24. The molecule has 2 fully saturated rings. The Morgan fingerprint density at radius 3 is 2.59 bits per heavy atom. The van der Waals surface area contributed by atoms with E-state index in [1.165, 1.54) is 64.2 Å². The molecule has 0 bridgehead atoms. The van der Waals surface area contributed by atoms with Crippen molar-refractivity contribution in [1.29, 1.82) is 0 Å². The Hall–Kier alpha value is -0.0400. The van der Waals surface area contributed by atoms with Gasteiger partial charge >= 0.3 is 0 Å². The number of ether oxygens (including phenoxy) is 1.